The first-order valence-corrected chi connectivity index (χ1v) is 7.74. The highest BCUT2D eigenvalue weighted by Gasteiger charge is 2.35. The van der Waals surface area contributed by atoms with Crippen molar-refractivity contribution in [3.05, 3.63) is 29.6 Å². The lowest BCUT2D eigenvalue weighted by atomic mass is 10.2. The van der Waals surface area contributed by atoms with Crippen molar-refractivity contribution in [3.63, 3.8) is 0 Å². The Morgan fingerprint density at radius 1 is 1.14 bits per heavy atom. The molecule has 1 aromatic rings. The SMILES string of the molecule is Cl.O=S(=O)(c1ccc(C(F)(F)F)c(F)c1)N1CCCNCC1. The molecule has 2 rings (SSSR count). The maximum atomic E-state index is 13.5. The summed E-state index contributed by atoms with van der Waals surface area (Å²) in [6.07, 6.45) is -4.26. The number of nitrogens with one attached hydrogen (secondary N) is 1. The van der Waals surface area contributed by atoms with E-state index < -0.39 is 32.5 Å². The Labute approximate surface area is 132 Å². The molecule has 10 heteroatoms. The van der Waals surface area contributed by atoms with Gasteiger partial charge in [-0.2, -0.15) is 17.5 Å². The number of benzene rings is 1. The van der Waals surface area contributed by atoms with Gasteiger partial charge in [-0.25, -0.2) is 12.8 Å². The minimum absolute atomic E-state index is 0. The third kappa shape index (κ3) is 4.09. The molecule has 0 amide bonds. The Hall–Kier alpha value is -0.900. The van der Waals surface area contributed by atoms with Crippen LogP contribution in [0.2, 0.25) is 0 Å². The van der Waals surface area contributed by atoms with Gasteiger partial charge < -0.3 is 5.32 Å². The van der Waals surface area contributed by atoms with E-state index in [9.17, 15) is 26.0 Å². The Morgan fingerprint density at radius 2 is 1.82 bits per heavy atom. The third-order valence-corrected chi connectivity index (χ3v) is 5.08. The first-order valence-electron chi connectivity index (χ1n) is 6.30. The molecule has 1 saturated heterocycles. The zero-order chi connectivity index (χ0) is 15.7. The molecule has 1 N–H and O–H groups in total. The number of hydrogen-bond acceptors (Lipinski definition) is 3. The lowest BCUT2D eigenvalue weighted by Crippen LogP contribution is -2.34. The zero-order valence-electron chi connectivity index (χ0n) is 11.4. The number of nitrogens with zero attached hydrogens (tertiary/aromatic N) is 1. The molecule has 0 aliphatic carbocycles. The molecule has 0 aromatic heterocycles. The highest BCUT2D eigenvalue weighted by atomic mass is 35.5. The van der Waals surface area contributed by atoms with E-state index >= 15 is 0 Å². The van der Waals surface area contributed by atoms with Gasteiger partial charge in [-0.3, -0.25) is 0 Å². The summed E-state index contributed by atoms with van der Waals surface area (Å²) in [5.41, 5.74) is -1.47. The maximum Gasteiger partial charge on any atom is 0.419 e. The number of halogens is 5. The van der Waals surface area contributed by atoms with E-state index in [2.05, 4.69) is 5.32 Å². The summed E-state index contributed by atoms with van der Waals surface area (Å²) in [6, 6.07) is 1.67. The molecule has 1 aliphatic rings. The van der Waals surface area contributed by atoms with Crippen LogP contribution >= 0.6 is 12.4 Å². The maximum absolute atomic E-state index is 13.5. The van der Waals surface area contributed by atoms with E-state index in [4.69, 9.17) is 0 Å². The van der Waals surface area contributed by atoms with Crippen LogP contribution in [0.3, 0.4) is 0 Å². The van der Waals surface area contributed by atoms with Crippen LogP contribution in [-0.2, 0) is 16.2 Å². The summed E-state index contributed by atoms with van der Waals surface area (Å²) in [4.78, 5) is -0.463. The molecule has 0 unspecified atom stereocenters. The summed E-state index contributed by atoms with van der Waals surface area (Å²) in [5.74, 6) is -1.59. The van der Waals surface area contributed by atoms with Crippen LogP contribution in [-0.4, -0.2) is 38.9 Å². The molecule has 1 aromatic carbocycles. The monoisotopic (exact) mass is 362 g/mol. The molecule has 1 aliphatic heterocycles. The van der Waals surface area contributed by atoms with Crippen molar-refractivity contribution in [2.24, 2.45) is 0 Å². The second kappa shape index (κ2) is 7.12. The van der Waals surface area contributed by atoms with Gasteiger partial charge in [-0.1, -0.05) is 0 Å². The van der Waals surface area contributed by atoms with Crippen LogP contribution in [0.5, 0.6) is 0 Å². The fourth-order valence-corrected chi connectivity index (χ4v) is 3.59. The number of sulfonamides is 1. The Morgan fingerprint density at radius 3 is 2.41 bits per heavy atom. The molecule has 0 bridgehead atoms. The summed E-state index contributed by atoms with van der Waals surface area (Å²) >= 11 is 0. The molecule has 0 atom stereocenters. The average Bonchev–Trinajstić information content (AvgIpc) is 2.66. The Balaban J connectivity index is 0.00000242. The third-order valence-electron chi connectivity index (χ3n) is 3.18. The zero-order valence-corrected chi connectivity index (χ0v) is 13.0. The van der Waals surface area contributed by atoms with Crippen LogP contribution in [0.4, 0.5) is 17.6 Å². The highest BCUT2D eigenvalue weighted by molar-refractivity contribution is 7.89. The molecular formula is C12H15ClF4N2O2S. The molecule has 4 nitrogen and oxygen atoms in total. The molecule has 0 saturated carbocycles. The van der Waals surface area contributed by atoms with Crippen molar-refractivity contribution in [1.29, 1.82) is 0 Å². The van der Waals surface area contributed by atoms with Crippen molar-refractivity contribution < 1.29 is 26.0 Å². The number of rotatable bonds is 2. The Kier molecular flexibility index (Phi) is 6.19. The van der Waals surface area contributed by atoms with Crippen LogP contribution < -0.4 is 5.32 Å². The van der Waals surface area contributed by atoms with Gasteiger partial charge in [0.25, 0.3) is 0 Å². The van der Waals surface area contributed by atoms with E-state index in [1.54, 1.807) is 0 Å². The summed E-state index contributed by atoms with van der Waals surface area (Å²) in [6.45, 7) is 1.55. The first kappa shape index (κ1) is 19.1. The van der Waals surface area contributed by atoms with Crippen molar-refractivity contribution in [2.45, 2.75) is 17.5 Å². The van der Waals surface area contributed by atoms with Gasteiger partial charge in [0.2, 0.25) is 10.0 Å². The van der Waals surface area contributed by atoms with Gasteiger partial charge in [0.05, 0.1) is 10.5 Å². The Bertz CT molecular complexity index is 614. The standard InChI is InChI=1S/C12H14F4N2O2S.ClH/c13-11-8-9(2-3-10(11)12(14,15)16)21(19,20)18-6-1-4-17-5-7-18;/h2-3,8,17H,1,4-7H2;1H. The van der Waals surface area contributed by atoms with Gasteiger partial charge in [-0.05, 0) is 31.2 Å². The van der Waals surface area contributed by atoms with Gasteiger partial charge in [-0.15, -0.1) is 12.4 Å². The number of alkyl halides is 3. The largest absolute Gasteiger partial charge is 0.419 e. The molecular weight excluding hydrogens is 348 g/mol. The minimum Gasteiger partial charge on any atom is -0.315 e. The van der Waals surface area contributed by atoms with E-state index in [1.165, 1.54) is 0 Å². The summed E-state index contributed by atoms with van der Waals surface area (Å²) < 4.78 is 76.7. The van der Waals surface area contributed by atoms with Gasteiger partial charge in [0, 0.05) is 19.6 Å². The lowest BCUT2D eigenvalue weighted by molar-refractivity contribution is -0.140. The normalized spacial score (nSPS) is 17.6. The summed E-state index contributed by atoms with van der Waals surface area (Å²) in [7, 11) is -3.98. The molecule has 1 fully saturated rings. The molecule has 1 heterocycles. The number of hydrogen-bond donors (Lipinski definition) is 1. The van der Waals surface area contributed by atoms with Crippen molar-refractivity contribution in [3.8, 4) is 0 Å². The molecule has 22 heavy (non-hydrogen) atoms. The fraction of sp³-hybridized carbons (Fsp3) is 0.500. The van der Waals surface area contributed by atoms with E-state index in [-0.39, 0.29) is 25.5 Å². The van der Waals surface area contributed by atoms with Gasteiger partial charge >= 0.3 is 6.18 Å². The smallest absolute Gasteiger partial charge is 0.315 e. The van der Waals surface area contributed by atoms with Crippen molar-refractivity contribution >= 4 is 22.4 Å². The topological polar surface area (TPSA) is 49.4 Å². The van der Waals surface area contributed by atoms with Crippen LogP contribution in [0.1, 0.15) is 12.0 Å². The second-order valence-corrected chi connectivity index (χ2v) is 6.58. The molecule has 0 radical (unpaired) electrons. The predicted octanol–water partition coefficient (Wildman–Crippen LogP) is 2.25. The summed E-state index contributed by atoms with van der Waals surface area (Å²) in [5, 5.41) is 3.01. The average molecular weight is 363 g/mol. The van der Waals surface area contributed by atoms with Crippen LogP contribution in [0.15, 0.2) is 23.1 Å². The van der Waals surface area contributed by atoms with Crippen LogP contribution in [0, 0.1) is 5.82 Å². The van der Waals surface area contributed by atoms with Crippen molar-refractivity contribution in [2.75, 3.05) is 26.2 Å². The minimum atomic E-state index is -4.85. The van der Waals surface area contributed by atoms with Crippen molar-refractivity contribution in [1.82, 2.24) is 9.62 Å². The highest BCUT2D eigenvalue weighted by Crippen LogP contribution is 2.32. The van der Waals surface area contributed by atoms with Gasteiger partial charge in [0.15, 0.2) is 0 Å². The molecule has 0 spiro atoms. The lowest BCUT2D eigenvalue weighted by Gasteiger charge is -2.20. The second-order valence-electron chi connectivity index (χ2n) is 4.65. The quantitative estimate of drug-likeness (QED) is 0.821. The first-order chi connectivity index (χ1) is 9.73. The van der Waals surface area contributed by atoms with E-state index in [0.717, 1.165) is 10.4 Å². The van der Waals surface area contributed by atoms with E-state index in [1.807, 2.05) is 0 Å². The van der Waals surface area contributed by atoms with Gasteiger partial charge in [0.1, 0.15) is 5.82 Å². The predicted molar refractivity (Wildman–Crippen MR) is 74.9 cm³/mol. The fourth-order valence-electron chi connectivity index (χ4n) is 2.10. The van der Waals surface area contributed by atoms with E-state index in [0.29, 0.717) is 31.6 Å². The van der Waals surface area contributed by atoms with Crippen LogP contribution in [0.25, 0.3) is 0 Å². The molecule has 126 valence electrons.